The number of fused-ring (bicyclic) bond motifs is 1. The molecular weight excluding hydrogens is 518 g/mol. The van der Waals surface area contributed by atoms with E-state index < -0.39 is 29.3 Å². The van der Waals surface area contributed by atoms with Crippen molar-refractivity contribution in [2.75, 3.05) is 6.54 Å². The number of nitrogens with zero attached hydrogens (tertiary/aromatic N) is 3. The molecule has 0 saturated heterocycles. The maximum Gasteiger partial charge on any atom is 0.419 e. The molecule has 0 bridgehead atoms. The molecular formula is C33H35N3O5. The van der Waals surface area contributed by atoms with Gasteiger partial charge in [0.25, 0.3) is 5.91 Å². The van der Waals surface area contributed by atoms with Gasteiger partial charge in [0.15, 0.2) is 0 Å². The molecule has 6 rings (SSSR count). The van der Waals surface area contributed by atoms with Gasteiger partial charge in [-0.2, -0.15) is 0 Å². The maximum atomic E-state index is 14.2. The number of imide groups is 1. The Balaban J connectivity index is 1.58. The Kier molecular flexibility index (Phi) is 6.14. The molecule has 4 heterocycles. The number of carbonyl (C=O) groups is 3. The second kappa shape index (κ2) is 9.36. The summed E-state index contributed by atoms with van der Waals surface area (Å²) in [5, 5.41) is 1.77. The summed E-state index contributed by atoms with van der Waals surface area (Å²) in [5.74, 6) is -0.451. The lowest BCUT2D eigenvalue weighted by Gasteiger charge is -2.23. The van der Waals surface area contributed by atoms with Crippen LogP contribution in [0.5, 0.6) is 0 Å². The van der Waals surface area contributed by atoms with E-state index in [9.17, 15) is 14.4 Å². The third-order valence-corrected chi connectivity index (χ3v) is 7.41. The van der Waals surface area contributed by atoms with E-state index in [2.05, 4.69) is 22.9 Å². The van der Waals surface area contributed by atoms with Crippen molar-refractivity contribution in [3.63, 3.8) is 0 Å². The lowest BCUT2D eigenvalue weighted by Crippen LogP contribution is -2.38. The highest BCUT2D eigenvalue weighted by atomic mass is 16.6. The van der Waals surface area contributed by atoms with Crippen molar-refractivity contribution in [3.05, 3.63) is 71.5 Å². The number of ether oxygens (including phenoxy) is 2. The molecule has 41 heavy (non-hydrogen) atoms. The van der Waals surface area contributed by atoms with Crippen molar-refractivity contribution in [1.29, 1.82) is 0 Å². The first-order valence-electron chi connectivity index (χ1n) is 14.1. The van der Waals surface area contributed by atoms with Crippen molar-refractivity contribution in [2.24, 2.45) is 0 Å². The average molecular weight is 554 g/mol. The van der Waals surface area contributed by atoms with Crippen LogP contribution < -0.4 is 0 Å². The van der Waals surface area contributed by atoms with Gasteiger partial charge in [-0.25, -0.2) is 14.5 Å². The predicted molar refractivity (Wildman–Crippen MR) is 159 cm³/mol. The Morgan fingerprint density at radius 2 is 1.49 bits per heavy atom. The molecule has 0 unspecified atom stereocenters. The summed E-state index contributed by atoms with van der Waals surface area (Å²) in [7, 11) is 0. The SMILES string of the molecule is CC(C)(C)OC(=O)N1CC(c2cn3c4c(cccc24)CCC3)=C(c2cn(C(=O)OC(C)(C)C)c3ccccc23)C1=O. The second-order valence-corrected chi connectivity index (χ2v) is 12.8. The van der Waals surface area contributed by atoms with Gasteiger partial charge >= 0.3 is 12.2 Å². The molecule has 0 fully saturated rings. The van der Waals surface area contributed by atoms with Crippen molar-refractivity contribution >= 4 is 51.0 Å². The first kappa shape index (κ1) is 26.9. The Labute approximate surface area is 239 Å². The van der Waals surface area contributed by atoms with Crippen LogP contribution in [0, 0.1) is 0 Å². The van der Waals surface area contributed by atoms with Gasteiger partial charge in [0, 0.05) is 40.8 Å². The molecule has 4 aromatic rings. The number of carbonyl (C=O) groups excluding carboxylic acids is 3. The van der Waals surface area contributed by atoms with Gasteiger partial charge in [-0.05, 0) is 71.6 Å². The molecule has 2 aromatic heterocycles. The summed E-state index contributed by atoms with van der Waals surface area (Å²) >= 11 is 0. The minimum absolute atomic E-state index is 0.0678. The number of benzene rings is 2. The summed E-state index contributed by atoms with van der Waals surface area (Å²) in [4.78, 5) is 42.0. The monoisotopic (exact) mass is 553 g/mol. The molecule has 0 radical (unpaired) electrons. The highest BCUT2D eigenvalue weighted by molar-refractivity contribution is 6.36. The lowest BCUT2D eigenvalue weighted by atomic mass is 9.95. The third kappa shape index (κ3) is 4.71. The smallest absolute Gasteiger partial charge is 0.419 e. The van der Waals surface area contributed by atoms with Crippen LogP contribution in [0.2, 0.25) is 0 Å². The molecule has 2 aliphatic rings. The van der Waals surface area contributed by atoms with Crippen molar-refractivity contribution in [2.45, 2.75) is 72.1 Å². The van der Waals surface area contributed by atoms with Crippen molar-refractivity contribution in [3.8, 4) is 0 Å². The highest BCUT2D eigenvalue weighted by Crippen LogP contribution is 2.42. The first-order valence-corrected chi connectivity index (χ1v) is 14.1. The summed E-state index contributed by atoms with van der Waals surface area (Å²) in [5.41, 5.74) is 4.20. The molecule has 2 amide bonds. The highest BCUT2D eigenvalue weighted by Gasteiger charge is 2.40. The summed E-state index contributed by atoms with van der Waals surface area (Å²) in [6, 6.07) is 13.7. The Hall–Kier alpha value is -4.33. The predicted octanol–water partition coefficient (Wildman–Crippen LogP) is 7.01. The third-order valence-electron chi connectivity index (χ3n) is 7.41. The zero-order valence-electron chi connectivity index (χ0n) is 24.4. The fourth-order valence-corrected chi connectivity index (χ4v) is 5.87. The van der Waals surface area contributed by atoms with Crippen LogP contribution in [0.15, 0.2) is 54.9 Å². The number of aromatic nitrogens is 2. The van der Waals surface area contributed by atoms with Crippen LogP contribution in [-0.2, 0) is 27.2 Å². The normalized spacial score (nSPS) is 15.8. The Morgan fingerprint density at radius 3 is 2.22 bits per heavy atom. The van der Waals surface area contributed by atoms with Gasteiger partial charge in [0.2, 0.25) is 0 Å². The van der Waals surface area contributed by atoms with Gasteiger partial charge in [-0.1, -0.05) is 36.4 Å². The minimum atomic E-state index is -0.767. The first-order chi connectivity index (χ1) is 19.3. The second-order valence-electron chi connectivity index (χ2n) is 12.8. The molecule has 8 nitrogen and oxygen atoms in total. The quantitative estimate of drug-likeness (QED) is 0.267. The molecule has 2 aromatic carbocycles. The van der Waals surface area contributed by atoms with Crippen LogP contribution in [0.25, 0.3) is 33.0 Å². The molecule has 0 atom stereocenters. The van der Waals surface area contributed by atoms with E-state index in [1.54, 1.807) is 27.0 Å². The van der Waals surface area contributed by atoms with E-state index >= 15 is 0 Å². The average Bonchev–Trinajstić information content (AvgIpc) is 3.55. The maximum absolute atomic E-state index is 14.2. The summed E-state index contributed by atoms with van der Waals surface area (Å²) < 4.78 is 15.0. The van der Waals surface area contributed by atoms with E-state index in [-0.39, 0.29) is 6.54 Å². The molecule has 0 spiro atoms. The Bertz CT molecular complexity index is 1770. The van der Waals surface area contributed by atoms with E-state index in [0.717, 1.165) is 41.3 Å². The molecule has 8 heteroatoms. The van der Waals surface area contributed by atoms with E-state index in [1.807, 2.05) is 51.1 Å². The minimum Gasteiger partial charge on any atom is -0.443 e. The van der Waals surface area contributed by atoms with Gasteiger partial charge < -0.3 is 14.0 Å². The van der Waals surface area contributed by atoms with E-state index in [0.29, 0.717) is 16.7 Å². The summed E-state index contributed by atoms with van der Waals surface area (Å²) in [6.07, 6.45) is 4.56. The summed E-state index contributed by atoms with van der Waals surface area (Å²) in [6.45, 7) is 11.7. The van der Waals surface area contributed by atoms with Crippen LogP contribution in [0.1, 0.15) is 64.7 Å². The van der Waals surface area contributed by atoms with Crippen molar-refractivity contribution < 1.29 is 23.9 Å². The largest absolute Gasteiger partial charge is 0.443 e. The van der Waals surface area contributed by atoms with Crippen LogP contribution in [0.4, 0.5) is 9.59 Å². The van der Waals surface area contributed by atoms with Crippen molar-refractivity contribution in [1.82, 2.24) is 14.0 Å². The van der Waals surface area contributed by atoms with Crippen LogP contribution in [-0.4, -0.2) is 49.9 Å². The zero-order valence-corrected chi connectivity index (χ0v) is 24.4. The topological polar surface area (TPSA) is 82.8 Å². The fraction of sp³-hybridized carbons (Fsp3) is 0.364. The number of hydrogen-bond donors (Lipinski definition) is 0. The molecule has 212 valence electrons. The molecule has 0 N–H and O–H groups in total. The van der Waals surface area contributed by atoms with Crippen LogP contribution in [0.3, 0.4) is 0 Å². The van der Waals surface area contributed by atoms with Crippen LogP contribution >= 0.6 is 0 Å². The Morgan fingerprint density at radius 1 is 0.805 bits per heavy atom. The molecule has 2 aliphatic heterocycles. The zero-order chi connectivity index (χ0) is 29.3. The van der Waals surface area contributed by atoms with E-state index in [1.165, 1.54) is 20.5 Å². The standard InChI is InChI=1S/C33H35N3O5/c1-32(2,3)40-30(38)35-18-24(21-13-7-8-15-26(21)35)27-25(19-36(29(27)37)31(39)41-33(4,5)6)23-17-34-16-10-12-20-11-9-14-22(23)28(20)34/h7-9,11,13-15,17-18H,10,12,16,19H2,1-6H3. The molecule has 0 aliphatic carbocycles. The molecule has 0 saturated carbocycles. The fourth-order valence-electron chi connectivity index (χ4n) is 5.87. The van der Waals surface area contributed by atoms with Gasteiger partial charge in [-0.15, -0.1) is 0 Å². The number of amides is 2. The number of hydrogen-bond acceptors (Lipinski definition) is 5. The number of aryl methyl sites for hydroxylation is 2. The van der Waals surface area contributed by atoms with Gasteiger partial charge in [0.1, 0.15) is 11.2 Å². The van der Waals surface area contributed by atoms with Gasteiger partial charge in [0.05, 0.1) is 23.2 Å². The number of rotatable bonds is 2. The van der Waals surface area contributed by atoms with Gasteiger partial charge in [-0.3, -0.25) is 9.36 Å². The lowest BCUT2D eigenvalue weighted by molar-refractivity contribution is -0.122. The van der Waals surface area contributed by atoms with E-state index in [4.69, 9.17) is 9.47 Å². The number of para-hydroxylation sites is 2.